The molecule has 0 unspecified atom stereocenters. The van der Waals surface area contributed by atoms with Crippen LogP contribution >= 0.6 is 24.8 Å². The van der Waals surface area contributed by atoms with Gasteiger partial charge in [0.25, 0.3) is 5.56 Å². The van der Waals surface area contributed by atoms with Gasteiger partial charge in [0.15, 0.2) is 0 Å². The number of carboxylic acid groups (broad SMARTS) is 2. The van der Waals surface area contributed by atoms with Crippen LogP contribution in [0.5, 0.6) is 0 Å². The molecule has 0 aliphatic rings. The Balaban J connectivity index is 0.00000380. The maximum atomic E-state index is 12.9. The number of fused-ring (bicyclic) bond motifs is 3. The minimum Gasteiger partial charge on any atom is -0.478 e. The zero-order valence-corrected chi connectivity index (χ0v) is 24.8. The lowest BCUT2D eigenvalue weighted by Crippen LogP contribution is -2.25. The molecule has 3 N–H and O–H groups in total. The average Bonchev–Trinajstić information content (AvgIpc) is 2.89. The number of nitrogens with one attached hydrogen (secondary N) is 1. The highest BCUT2D eigenvalue weighted by molar-refractivity contribution is 6.11. The van der Waals surface area contributed by atoms with Crippen molar-refractivity contribution in [2.75, 3.05) is 39.3 Å². The summed E-state index contributed by atoms with van der Waals surface area (Å²) >= 11 is 0. The van der Waals surface area contributed by atoms with Crippen LogP contribution in [0.25, 0.3) is 21.7 Å². The highest BCUT2D eigenvalue weighted by Gasteiger charge is 2.21. The molecule has 0 saturated heterocycles. The molecule has 0 amide bonds. The first-order valence-corrected chi connectivity index (χ1v) is 13.3. The molecular formula is C29H41Cl2N3O5. The smallest absolute Gasteiger partial charge is 0.336 e. The van der Waals surface area contributed by atoms with E-state index >= 15 is 0 Å². The Bertz CT molecular complexity index is 1330. The quantitative estimate of drug-likeness (QED) is 0.216. The van der Waals surface area contributed by atoms with Gasteiger partial charge in [-0.1, -0.05) is 33.8 Å². The maximum absolute atomic E-state index is 12.9. The van der Waals surface area contributed by atoms with Crippen LogP contribution in [0.4, 0.5) is 0 Å². The summed E-state index contributed by atoms with van der Waals surface area (Å²) in [4.78, 5) is 44.4. The zero-order chi connectivity index (χ0) is 27.1. The molecule has 1 heterocycles. The van der Waals surface area contributed by atoms with Crippen molar-refractivity contribution in [3.05, 3.63) is 56.9 Å². The van der Waals surface area contributed by atoms with E-state index in [4.69, 9.17) is 0 Å². The minimum absolute atomic E-state index is 0. The van der Waals surface area contributed by atoms with E-state index in [9.17, 15) is 24.6 Å². The predicted molar refractivity (Wildman–Crippen MR) is 163 cm³/mol. The van der Waals surface area contributed by atoms with E-state index in [0.29, 0.717) is 29.1 Å². The molecule has 0 fully saturated rings. The molecule has 2 aromatic carbocycles. The Morgan fingerprint density at radius 2 is 1.31 bits per heavy atom. The topological polar surface area (TPSA) is 114 Å². The molecule has 0 spiro atoms. The fourth-order valence-electron chi connectivity index (χ4n) is 5.25. The maximum Gasteiger partial charge on any atom is 0.336 e. The average molecular weight is 583 g/mol. The Morgan fingerprint density at radius 1 is 0.769 bits per heavy atom. The first-order valence-electron chi connectivity index (χ1n) is 13.3. The van der Waals surface area contributed by atoms with Crippen LogP contribution in [-0.4, -0.2) is 76.2 Å². The van der Waals surface area contributed by atoms with Crippen molar-refractivity contribution in [1.82, 2.24) is 14.8 Å². The van der Waals surface area contributed by atoms with E-state index < -0.39 is 17.5 Å². The van der Waals surface area contributed by atoms with Gasteiger partial charge in [0.05, 0.1) is 16.6 Å². The third kappa shape index (κ3) is 7.94. The number of aromatic nitrogens is 1. The number of aromatic carboxylic acids is 2. The van der Waals surface area contributed by atoms with Gasteiger partial charge in [0, 0.05) is 10.8 Å². The van der Waals surface area contributed by atoms with Gasteiger partial charge in [-0.25, -0.2) is 9.59 Å². The number of hydrogen-bond acceptors (Lipinski definition) is 5. The summed E-state index contributed by atoms with van der Waals surface area (Å²) in [6.07, 6.45) is 2.94. The summed E-state index contributed by atoms with van der Waals surface area (Å²) in [5.74, 6) is -2.11. The minimum atomic E-state index is -1.10. The van der Waals surface area contributed by atoms with Crippen molar-refractivity contribution in [2.45, 2.75) is 53.4 Å². The standard InChI is InChI=1S/C29H39N3O5.2ClH/c1-5-31(6-2)15-9-11-20-21(12-10-16-32(7-3)8-4)26-22-14-13-19(28(34)35)17-23(22)27(33)30-25(26)18-24(20)29(36)37;;/h13-14,17-18H,5-12,15-16H2,1-4H3,(H,30,33)(H,34,35)(H,36,37);2*1H. The third-order valence-corrected chi connectivity index (χ3v) is 7.40. The molecule has 39 heavy (non-hydrogen) atoms. The van der Waals surface area contributed by atoms with E-state index in [1.54, 1.807) is 12.1 Å². The molecule has 0 radical (unpaired) electrons. The number of aromatic amines is 1. The Kier molecular flexibility index (Phi) is 13.9. The second-order valence-electron chi connectivity index (χ2n) is 9.39. The molecule has 0 saturated carbocycles. The van der Waals surface area contributed by atoms with Crippen LogP contribution < -0.4 is 5.56 Å². The van der Waals surface area contributed by atoms with Gasteiger partial charge >= 0.3 is 11.9 Å². The molecule has 0 aliphatic carbocycles. The molecule has 0 aliphatic heterocycles. The second kappa shape index (κ2) is 15.8. The molecule has 0 bridgehead atoms. The molecule has 3 aromatic rings. The van der Waals surface area contributed by atoms with Gasteiger partial charge in [-0.2, -0.15) is 0 Å². The second-order valence-corrected chi connectivity index (χ2v) is 9.39. The summed E-state index contributed by atoms with van der Waals surface area (Å²) in [6.45, 7) is 14.0. The molecule has 1 aromatic heterocycles. The van der Waals surface area contributed by atoms with Crippen LogP contribution in [0.15, 0.2) is 29.1 Å². The first-order chi connectivity index (χ1) is 17.7. The van der Waals surface area contributed by atoms with Gasteiger partial charge < -0.3 is 25.0 Å². The van der Waals surface area contributed by atoms with E-state index in [1.807, 2.05) is 0 Å². The number of nitrogens with zero attached hydrogens (tertiary/aromatic N) is 2. The molecular weight excluding hydrogens is 541 g/mol. The predicted octanol–water partition coefficient (Wildman–Crippen LogP) is 5.47. The molecule has 0 atom stereocenters. The van der Waals surface area contributed by atoms with E-state index in [-0.39, 0.29) is 35.9 Å². The van der Waals surface area contributed by atoms with Crippen molar-refractivity contribution in [3.8, 4) is 0 Å². The summed E-state index contributed by atoms with van der Waals surface area (Å²) in [5.41, 5.74) is 2.06. The fraction of sp³-hybridized carbons (Fsp3) is 0.483. The fourth-order valence-corrected chi connectivity index (χ4v) is 5.25. The van der Waals surface area contributed by atoms with Crippen LogP contribution in [0, 0.1) is 0 Å². The normalized spacial score (nSPS) is 11.1. The summed E-state index contributed by atoms with van der Waals surface area (Å²) < 4.78 is 0. The Hall–Kier alpha value is -2.65. The number of aryl methyl sites for hydroxylation is 1. The van der Waals surface area contributed by atoms with Gasteiger partial charge in [-0.15, -0.1) is 24.8 Å². The summed E-state index contributed by atoms with van der Waals surface area (Å²) in [6, 6.07) is 6.17. The summed E-state index contributed by atoms with van der Waals surface area (Å²) in [7, 11) is 0. The van der Waals surface area contributed by atoms with Crippen molar-refractivity contribution in [1.29, 1.82) is 0 Å². The van der Waals surface area contributed by atoms with Crippen LogP contribution in [0.1, 0.15) is 72.4 Å². The number of pyridine rings is 1. The number of benzene rings is 2. The Morgan fingerprint density at radius 3 is 1.79 bits per heavy atom. The van der Waals surface area contributed by atoms with Crippen molar-refractivity contribution >= 4 is 58.4 Å². The highest BCUT2D eigenvalue weighted by Crippen LogP contribution is 2.32. The number of halogens is 2. The van der Waals surface area contributed by atoms with Crippen LogP contribution in [0.3, 0.4) is 0 Å². The highest BCUT2D eigenvalue weighted by atomic mass is 35.5. The lowest BCUT2D eigenvalue weighted by molar-refractivity contribution is 0.0685. The van der Waals surface area contributed by atoms with Gasteiger partial charge in [-0.05, 0) is 99.7 Å². The third-order valence-electron chi connectivity index (χ3n) is 7.40. The molecule has 10 heteroatoms. The van der Waals surface area contributed by atoms with Crippen molar-refractivity contribution < 1.29 is 19.8 Å². The van der Waals surface area contributed by atoms with Crippen molar-refractivity contribution in [2.24, 2.45) is 0 Å². The van der Waals surface area contributed by atoms with Crippen LogP contribution in [0.2, 0.25) is 0 Å². The number of hydrogen-bond donors (Lipinski definition) is 3. The number of carbonyl (C=O) groups is 2. The van der Waals surface area contributed by atoms with E-state index in [1.165, 1.54) is 12.1 Å². The van der Waals surface area contributed by atoms with Crippen LogP contribution in [-0.2, 0) is 12.8 Å². The number of rotatable bonds is 14. The number of carboxylic acids is 2. The molecule has 8 nitrogen and oxygen atoms in total. The lowest BCUT2D eigenvalue weighted by atomic mass is 9.88. The SMILES string of the molecule is CCN(CC)CCCc1c(C(=O)O)cc2[nH]c(=O)c3cc(C(=O)O)ccc3c2c1CCCN(CC)CC.Cl.Cl. The van der Waals surface area contributed by atoms with E-state index in [2.05, 4.69) is 42.5 Å². The Labute approximate surface area is 242 Å². The lowest BCUT2D eigenvalue weighted by Gasteiger charge is -2.22. The van der Waals surface area contributed by atoms with E-state index in [0.717, 1.165) is 68.6 Å². The zero-order valence-electron chi connectivity index (χ0n) is 23.2. The number of H-pyrrole nitrogens is 1. The summed E-state index contributed by atoms with van der Waals surface area (Å²) in [5, 5.41) is 21.4. The van der Waals surface area contributed by atoms with Gasteiger partial charge in [-0.3, -0.25) is 4.79 Å². The van der Waals surface area contributed by atoms with Gasteiger partial charge in [0.1, 0.15) is 0 Å². The first kappa shape index (κ1) is 34.4. The molecule has 216 valence electrons. The largest absolute Gasteiger partial charge is 0.478 e. The monoisotopic (exact) mass is 581 g/mol. The molecule has 3 rings (SSSR count). The van der Waals surface area contributed by atoms with Crippen molar-refractivity contribution in [3.63, 3.8) is 0 Å². The van der Waals surface area contributed by atoms with Gasteiger partial charge in [0.2, 0.25) is 0 Å².